The number of aromatic nitrogens is 2. The molecule has 1 unspecified atom stereocenters. The number of aliphatic carboxylic acids is 1. The molecule has 0 saturated carbocycles. The highest BCUT2D eigenvalue weighted by Crippen LogP contribution is 2.02. The van der Waals surface area contributed by atoms with E-state index in [1.807, 2.05) is 6.07 Å². The van der Waals surface area contributed by atoms with Crippen LogP contribution >= 0.6 is 0 Å². The molecule has 2 rings (SSSR count). The molecule has 0 radical (unpaired) electrons. The van der Waals surface area contributed by atoms with E-state index in [0.29, 0.717) is 11.4 Å². The number of nitrogens with zero attached hydrogens (tertiary/aromatic N) is 1. The zero-order chi connectivity index (χ0) is 14.3. The smallest absolute Gasteiger partial charge is 0.320 e. The van der Waals surface area contributed by atoms with Gasteiger partial charge in [0, 0.05) is 12.6 Å². The van der Waals surface area contributed by atoms with E-state index in [4.69, 9.17) is 15.9 Å². The molecule has 1 atom stereocenters. The number of carboxylic acids is 1. The Balaban J connectivity index is 0.000000218. The lowest BCUT2D eigenvalue weighted by atomic mass is 10.2. The molecule has 0 aliphatic heterocycles. The van der Waals surface area contributed by atoms with E-state index in [1.165, 1.54) is 0 Å². The lowest BCUT2D eigenvalue weighted by Crippen LogP contribution is -2.32. The molecule has 0 fully saturated rings. The van der Waals surface area contributed by atoms with Gasteiger partial charge < -0.3 is 20.9 Å². The van der Waals surface area contributed by atoms with Gasteiger partial charge in [-0.05, 0) is 19.1 Å². The Morgan fingerprint density at radius 2 is 2.05 bits per heavy atom. The Kier molecular flexibility index (Phi) is 5.56. The van der Waals surface area contributed by atoms with Crippen molar-refractivity contribution in [1.82, 2.24) is 9.97 Å². The maximum absolute atomic E-state index is 10.3. The van der Waals surface area contributed by atoms with E-state index >= 15 is 0 Å². The molecule has 19 heavy (non-hydrogen) atoms. The minimum absolute atomic E-state index is 0.264. The number of aryl methyl sites for hydroxylation is 1. The van der Waals surface area contributed by atoms with Crippen molar-refractivity contribution in [3.8, 4) is 5.75 Å². The van der Waals surface area contributed by atoms with Gasteiger partial charge in [0.05, 0.1) is 5.69 Å². The zero-order valence-electron chi connectivity index (χ0n) is 10.6. The molecule has 5 N–H and O–H groups in total. The van der Waals surface area contributed by atoms with Crippen LogP contribution in [0, 0.1) is 6.92 Å². The summed E-state index contributed by atoms with van der Waals surface area (Å²) >= 11 is 0. The Labute approximate surface area is 110 Å². The van der Waals surface area contributed by atoms with E-state index in [2.05, 4.69) is 9.97 Å². The summed E-state index contributed by atoms with van der Waals surface area (Å²) < 4.78 is 0. The minimum Gasteiger partial charge on any atom is -0.508 e. The number of benzene rings is 1. The van der Waals surface area contributed by atoms with Gasteiger partial charge in [-0.25, -0.2) is 4.98 Å². The highest BCUT2D eigenvalue weighted by Gasteiger charge is 2.13. The molecule has 6 heteroatoms. The average molecular weight is 263 g/mol. The van der Waals surface area contributed by atoms with Crippen molar-refractivity contribution in [3.05, 3.63) is 48.0 Å². The van der Waals surface area contributed by atoms with Crippen LogP contribution in [-0.2, 0) is 11.2 Å². The number of carboxylic acid groups (broad SMARTS) is 1. The second kappa shape index (κ2) is 7.17. The Hall–Kier alpha value is -2.34. The largest absolute Gasteiger partial charge is 0.508 e. The summed E-state index contributed by atoms with van der Waals surface area (Å²) in [5.74, 6) is 0.0840. The summed E-state index contributed by atoms with van der Waals surface area (Å²) in [5.41, 5.74) is 5.99. The monoisotopic (exact) mass is 263 g/mol. The molecule has 0 spiro atoms. The van der Waals surface area contributed by atoms with Crippen LogP contribution < -0.4 is 5.73 Å². The van der Waals surface area contributed by atoms with E-state index in [0.717, 1.165) is 5.82 Å². The number of imidazole rings is 1. The molecule has 6 nitrogen and oxygen atoms in total. The second-order valence-electron chi connectivity index (χ2n) is 3.96. The van der Waals surface area contributed by atoms with Crippen molar-refractivity contribution in [2.75, 3.05) is 0 Å². The Morgan fingerprint density at radius 1 is 1.42 bits per heavy atom. The first-order valence-corrected chi connectivity index (χ1v) is 5.72. The fraction of sp³-hybridized carbons (Fsp3) is 0.231. The third kappa shape index (κ3) is 5.69. The van der Waals surface area contributed by atoms with Crippen molar-refractivity contribution in [2.24, 2.45) is 5.73 Å². The predicted molar refractivity (Wildman–Crippen MR) is 70.7 cm³/mol. The summed E-state index contributed by atoms with van der Waals surface area (Å²) in [7, 11) is 0. The maximum atomic E-state index is 10.3. The standard InChI is InChI=1S/C7H11N3O2.C6H6O/c1-4-9-3-5(10-4)2-6(8)7(11)12;7-6-4-2-1-3-5-6/h3,6H,2,8H2,1H3,(H,9,10)(H,11,12);1-5,7H. The number of H-pyrrole nitrogens is 1. The van der Waals surface area contributed by atoms with Gasteiger partial charge in [0.15, 0.2) is 0 Å². The number of carbonyl (C=O) groups is 1. The molecular weight excluding hydrogens is 246 g/mol. The first-order chi connectivity index (χ1) is 8.99. The summed E-state index contributed by atoms with van der Waals surface area (Å²) in [6, 6.07) is 7.84. The number of phenolic OH excluding ortho intramolecular Hbond substituents is 1. The van der Waals surface area contributed by atoms with Crippen molar-refractivity contribution < 1.29 is 15.0 Å². The van der Waals surface area contributed by atoms with Gasteiger partial charge in [-0.2, -0.15) is 0 Å². The van der Waals surface area contributed by atoms with Crippen LogP contribution in [0.4, 0.5) is 0 Å². The number of aromatic hydroxyl groups is 1. The van der Waals surface area contributed by atoms with Crippen molar-refractivity contribution in [2.45, 2.75) is 19.4 Å². The third-order valence-corrected chi connectivity index (χ3v) is 2.26. The number of nitrogens with one attached hydrogen (secondary N) is 1. The van der Waals surface area contributed by atoms with Crippen LogP contribution in [0.2, 0.25) is 0 Å². The topological polar surface area (TPSA) is 112 Å². The van der Waals surface area contributed by atoms with Gasteiger partial charge >= 0.3 is 5.97 Å². The van der Waals surface area contributed by atoms with Crippen LogP contribution in [0.3, 0.4) is 0 Å². The van der Waals surface area contributed by atoms with Crippen LogP contribution in [0.1, 0.15) is 11.5 Å². The quantitative estimate of drug-likeness (QED) is 0.661. The number of hydrogen-bond acceptors (Lipinski definition) is 4. The third-order valence-electron chi connectivity index (χ3n) is 2.26. The van der Waals surface area contributed by atoms with Crippen LogP contribution in [0.5, 0.6) is 5.75 Å². The fourth-order valence-corrected chi connectivity index (χ4v) is 1.31. The predicted octanol–water partition coefficient (Wildman–Crippen LogP) is 1.06. The van der Waals surface area contributed by atoms with Crippen LogP contribution in [-0.4, -0.2) is 32.2 Å². The van der Waals surface area contributed by atoms with E-state index < -0.39 is 12.0 Å². The van der Waals surface area contributed by atoms with Gasteiger partial charge in [0.1, 0.15) is 17.6 Å². The number of hydrogen-bond donors (Lipinski definition) is 4. The normalized spacial score (nSPS) is 11.3. The molecule has 0 saturated heterocycles. The highest BCUT2D eigenvalue weighted by molar-refractivity contribution is 5.73. The minimum atomic E-state index is -1.00. The molecule has 102 valence electrons. The van der Waals surface area contributed by atoms with Crippen LogP contribution in [0.25, 0.3) is 0 Å². The highest BCUT2D eigenvalue weighted by atomic mass is 16.4. The fourth-order valence-electron chi connectivity index (χ4n) is 1.31. The van der Waals surface area contributed by atoms with Crippen molar-refractivity contribution in [3.63, 3.8) is 0 Å². The van der Waals surface area contributed by atoms with Crippen molar-refractivity contribution >= 4 is 5.97 Å². The number of rotatable bonds is 3. The summed E-state index contributed by atoms with van der Waals surface area (Å²) in [4.78, 5) is 17.2. The SMILES string of the molecule is Cc1nc(CC(N)C(=O)O)c[nH]1.Oc1ccccc1. The number of phenols is 1. The molecule has 0 aliphatic rings. The van der Waals surface area contributed by atoms with E-state index in [9.17, 15) is 4.79 Å². The first kappa shape index (κ1) is 14.7. The molecule has 1 heterocycles. The molecular formula is C13H17N3O3. The van der Waals surface area contributed by atoms with Crippen molar-refractivity contribution in [1.29, 1.82) is 0 Å². The summed E-state index contributed by atoms with van der Waals surface area (Å²) in [6.07, 6.45) is 1.93. The molecule has 1 aromatic carbocycles. The number of para-hydroxylation sites is 1. The molecule has 0 aliphatic carbocycles. The van der Waals surface area contributed by atoms with E-state index in [-0.39, 0.29) is 6.42 Å². The second-order valence-corrected chi connectivity index (χ2v) is 3.96. The Bertz CT molecular complexity index is 511. The van der Waals surface area contributed by atoms with Gasteiger partial charge in [0.25, 0.3) is 0 Å². The molecule has 2 aromatic rings. The lowest BCUT2D eigenvalue weighted by molar-refractivity contribution is -0.138. The number of nitrogens with two attached hydrogens (primary N) is 1. The molecule has 1 aromatic heterocycles. The van der Waals surface area contributed by atoms with Gasteiger partial charge in [0.2, 0.25) is 0 Å². The summed E-state index contributed by atoms with van der Waals surface area (Å²) in [5, 5.41) is 17.1. The zero-order valence-corrected chi connectivity index (χ0v) is 10.6. The Morgan fingerprint density at radius 3 is 2.42 bits per heavy atom. The summed E-state index contributed by atoms with van der Waals surface area (Å²) in [6.45, 7) is 1.80. The van der Waals surface area contributed by atoms with Gasteiger partial charge in [-0.15, -0.1) is 0 Å². The maximum Gasteiger partial charge on any atom is 0.320 e. The lowest BCUT2D eigenvalue weighted by Gasteiger charge is -2.01. The van der Waals surface area contributed by atoms with Crippen LogP contribution in [0.15, 0.2) is 36.5 Å². The first-order valence-electron chi connectivity index (χ1n) is 5.72. The number of aromatic amines is 1. The van der Waals surface area contributed by atoms with E-state index in [1.54, 1.807) is 37.4 Å². The molecule has 0 amide bonds. The van der Waals surface area contributed by atoms with Gasteiger partial charge in [-0.3, -0.25) is 4.79 Å². The average Bonchev–Trinajstić information content (AvgIpc) is 2.76. The molecule has 0 bridgehead atoms. The van der Waals surface area contributed by atoms with Gasteiger partial charge in [-0.1, -0.05) is 18.2 Å².